The van der Waals surface area contributed by atoms with E-state index in [9.17, 15) is 0 Å². The Kier molecular flexibility index (Phi) is 3.70. The van der Waals surface area contributed by atoms with Crippen molar-refractivity contribution in [1.29, 1.82) is 0 Å². The second-order valence-electron chi connectivity index (χ2n) is 6.60. The molecule has 1 atom stereocenters. The molecule has 1 aliphatic carbocycles. The summed E-state index contributed by atoms with van der Waals surface area (Å²) >= 11 is 0. The molecule has 0 amide bonds. The second-order valence-corrected chi connectivity index (χ2v) is 6.60. The molecule has 2 aromatic rings. The molecule has 3 heteroatoms. The first-order valence-corrected chi connectivity index (χ1v) is 8.43. The summed E-state index contributed by atoms with van der Waals surface area (Å²) in [5.41, 5.74) is 2.80. The maximum atomic E-state index is 3.49. The molecular formula is C18H25N3. The SMILES string of the molecule is c1cc2ccc([C@H](C3CCCC3)N3CCNCC3)cc2[nH]1. The van der Waals surface area contributed by atoms with Gasteiger partial charge >= 0.3 is 0 Å². The Morgan fingerprint density at radius 2 is 1.86 bits per heavy atom. The van der Waals surface area contributed by atoms with E-state index in [0.717, 1.165) is 19.0 Å². The van der Waals surface area contributed by atoms with Crippen molar-refractivity contribution in [2.24, 2.45) is 5.92 Å². The Morgan fingerprint density at radius 3 is 2.67 bits per heavy atom. The van der Waals surface area contributed by atoms with Crippen molar-refractivity contribution in [2.45, 2.75) is 31.7 Å². The summed E-state index contributed by atoms with van der Waals surface area (Å²) < 4.78 is 0. The lowest BCUT2D eigenvalue weighted by Gasteiger charge is -2.38. The fourth-order valence-corrected chi connectivity index (χ4v) is 4.26. The van der Waals surface area contributed by atoms with Gasteiger partial charge in [-0.05, 0) is 41.8 Å². The molecule has 0 bridgehead atoms. The number of fused-ring (bicyclic) bond motifs is 1. The van der Waals surface area contributed by atoms with E-state index in [1.165, 1.54) is 55.2 Å². The maximum Gasteiger partial charge on any atom is 0.0457 e. The van der Waals surface area contributed by atoms with Crippen molar-refractivity contribution in [3.8, 4) is 0 Å². The molecule has 112 valence electrons. The standard InChI is InChI=1S/C18H25N3/c1-2-4-15(3-1)18(21-11-9-19-10-12-21)16-6-5-14-7-8-20-17(14)13-16/h5-8,13,15,18-20H,1-4,9-12H2/t18-/m0/s1. The van der Waals surface area contributed by atoms with Crippen LogP contribution in [-0.2, 0) is 0 Å². The third kappa shape index (κ3) is 2.60. The summed E-state index contributed by atoms with van der Waals surface area (Å²) in [6.07, 6.45) is 7.68. The minimum absolute atomic E-state index is 0.613. The van der Waals surface area contributed by atoms with Gasteiger partial charge in [0, 0.05) is 43.9 Å². The fraction of sp³-hybridized carbons (Fsp3) is 0.556. The van der Waals surface area contributed by atoms with Crippen LogP contribution < -0.4 is 5.32 Å². The lowest BCUT2D eigenvalue weighted by Crippen LogP contribution is -2.46. The number of nitrogens with zero attached hydrogens (tertiary/aromatic N) is 1. The number of piperazine rings is 1. The van der Waals surface area contributed by atoms with Crippen LogP contribution in [0.3, 0.4) is 0 Å². The van der Waals surface area contributed by atoms with E-state index in [4.69, 9.17) is 0 Å². The molecule has 2 aliphatic rings. The highest BCUT2D eigenvalue weighted by atomic mass is 15.2. The molecular weight excluding hydrogens is 258 g/mol. The minimum Gasteiger partial charge on any atom is -0.361 e. The van der Waals surface area contributed by atoms with Crippen molar-refractivity contribution < 1.29 is 0 Å². The molecule has 2 N–H and O–H groups in total. The van der Waals surface area contributed by atoms with Crippen LogP contribution in [-0.4, -0.2) is 36.1 Å². The highest BCUT2D eigenvalue weighted by molar-refractivity contribution is 5.80. The van der Waals surface area contributed by atoms with Crippen molar-refractivity contribution in [1.82, 2.24) is 15.2 Å². The van der Waals surface area contributed by atoms with E-state index < -0.39 is 0 Å². The van der Waals surface area contributed by atoms with Gasteiger partial charge in [-0.15, -0.1) is 0 Å². The predicted octanol–water partition coefficient (Wildman–Crippen LogP) is 3.30. The van der Waals surface area contributed by atoms with Gasteiger partial charge in [0.15, 0.2) is 0 Å². The zero-order valence-corrected chi connectivity index (χ0v) is 12.6. The number of aromatic nitrogens is 1. The number of benzene rings is 1. The van der Waals surface area contributed by atoms with Crippen LogP contribution in [0.1, 0.15) is 37.3 Å². The topological polar surface area (TPSA) is 31.1 Å². The smallest absolute Gasteiger partial charge is 0.0457 e. The summed E-state index contributed by atoms with van der Waals surface area (Å²) in [5.74, 6) is 0.843. The van der Waals surface area contributed by atoms with Gasteiger partial charge in [0.25, 0.3) is 0 Å². The van der Waals surface area contributed by atoms with E-state index in [1.54, 1.807) is 0 Å². The average molecular weight is 283 g/mol. The van der Waals surface area contributed by atoms with Gasteiger partial charge in [-0.3, -0.25) is 4.90 Å². The van der Waals surface area contributed by atoms with Crippen molar-refractivity contribution in [3.63, 3.8) is 0 Å². The highest BCUT2D eigenvalue weighted by Gasteiger charge is 2.31. The summed E-state index contributed by atoms with van der Waals surface area (Å²) in [5, 5.41) is 4.81. The number of rotatable bonds is 3. The first kappa shape index (κ1) is 13.4. The fourth-order valence-electron chi connectivity index (χ4n) is 4.26. The third-order valence-electron chi connectivity index (χ3n) is 5.31. The quantitative estimate of drug-likeness (QED) is 0.905. The van der Waals surface area contributed by atoms with Crippen LogP contribution in [0.2, 0.25) is 0 Å². The van der Waals surface area contributed by atoms with Gasteiger partial charge in [-0.1, -0.05) is 25.0 Å². The maximum absolute atomic E-state index is 3.49. The molecule has 0 spiro atoms. The van der Waals surface area contributed by atoms with Crippen LogP contribution in [0.15, 0.2) is 30.5 Å². The zero-order chi connectivity index (χ0) is 14.1. The van der Waals surface area contributed by atoms with Crippen LogP contribution in [0.25, 0.3) is 10.9 Å². The monoisotopic (exact) mass is 283 g/mol. The third-order valence-corrected chi connectivity index (χ3v) is 5.31. The zero-order valence-electron chi connectivity index (χ0n) is 12.6. The molecule has 1 saturated carbocycles. The average Bonchev–Trinajstić information content (AvgIpc) is 3.19. The van der Waals surface area contributed by atoms with Gasteiger partial charge in [-0.2, -0.15) is 0 Å². The number of hydrogen-bond donors (Lipinski definition) is 2. The Hall–Kier alpha value is -1.32. The van der Waals surface area contributed by atoms with Crippen LogP contribution in [0.5, 0.6) is 0 Å². The van der Waals surface area contributed by atoms with Crippen LogP contribution in [0.4, 0.5) is 0 Å². The van der Waals surface area contributed by atoms with E-state index in [0.29, 0.717) is 6.04 Å². The summed E-state index contributed by atoms with van der Waals surface area (Å²) in [6.45, 7) is 4.63. The Labute approximate surface area is 126 Å². The predicted molar refractivity (Wildman–Crippen MR) is 87.4 cm³/mol. The molecule has 1 saturated heterocycles. The lowest BCUT2D eigenvalue weighted by molar-refractivity contribution is 0.125. The molecule has 21 heavy (non-hydrogen) atoms. The molecule has 1 aliphatic heterocycles. The number of H-pyrrole nitrogens is 1. The number of nitrogens with one attached hydrogen (secondary N) is 2. The largest absolute Gasteiger partial charge is 0.361 e. The van der Waals surface area contributed by atoms with Gasteiger partial charge in [0.05, 0.1) is 0 Å². The Morgan fingerprint density at radius 1 is 1.05 bits per heavy atom. The molecule has 0 radical (unpaired) electrons. The van der Waals surface area contributed by atoms with Crippen molar-refractivity contribution in [3.05, 3.63) is 36.0 Å². The van der Waals surface area contributed by atoms with E-state index in [2.05, 4.69) is 39.5 Å². The first-order chi connectivity index (χ1) is 10.4. The highest BCUT2D eigenvalue weighted by Crippen LogP contribution is 2.40. The molecule has 1 aromatic carbocycles. The van der Waals surface area contributed by atoms with Crippen molar-refractivity contribution in [2.75, 3.05) is 26.2 Å². The van der Waals surface area contributed by atoms with Gasteiger partial charge in [0.1, 0.15) is 0 Å². The van der Waals surface area contributed by atoms with Crippen LogP contribution >= 0.6 is 0 Å². The molecule has 3 nitrogen and oxygen atoms in total. The Bertz CT molecular complexity index is 591. The Balaban J connectivity index is 1.69. The second kappa shape index (κ2) is 5.82. The van der Waals surface area contributed by atoms with E-state index >= 15 is 0 Å². The molecule has 2 heterocycles. The first-order valence-electron chi connectivity index (χ1n) is 8.43. The van der Waals surface area contributed by atoms with Gasteiger partial charge in [-0.25, -0.2) is 0 Å². The molecule has 0 unspecified atom stereocenters. The normalized spacial score (nSPS) is 22.9. The summed E-state index contributed by atoms with van der Waals surface area (Å²) in [6, 6.07) is 9.81. The van der Waals surface area contributed by atoms with Gasteiger partial charge in [0.2, 0.25) is 0 Å². The molecule has 1 aromatic heterocycles. The minimum atomic E-state index is 0.613. The van der Waals surface area contributed by atoms with Gasteiger partial charge < -0.3 is 10.3 Å². The van der Waals surface area contributed by atoms with Crippen molar-refractivity contribution >= 4 is 10.9 Å². The van der Waals surface area contributed by atoms with Crippen LogP contribution in [0, 0.1) is 5.92 Å². The lowest BCUT2D eigenvalue weighted by atomic mass is 9.89. The summed E-state index contributed by atoms with van der Waals surface area (Å²) in [7, 11) is 0. The van der Waals surface area contributed by atoms with E-state index in [1.807, 2.05) is 6.20 Å². The number of aromatic amines is 1. The molecule has 2 fully saturated rings. The summed E-state index contributed by atoms with van der Waals surface area (Å²) in [4.78, 5) is 6.10. The molecule has 4 rings (SSSR count). The van der Waals surface area contributed by atoms with E-state index in [-0.39, 0.29) is 0 Å². The number of hydrogen-bond acceptors (Lipinski definition) is 2.